The van der Waals surface area contributed by atoms with Crippen molar-refractivity contribution in [2.45, 2.75) is 57.5 Å². The summed E-state index contributed by atoms with van der Waals surface area (Å²) in [5.74, 6) is 0.801. The zero-order chi connectivity index (χ0) is 15.2. The van der Waals surface area contributed by atoms with Crippen molar-refractivity contribution in [2.24, 2.45) is 0 Å². The molecular formula is C21H27N. The van der Waals surface area contributed by atoms with Gasteiger partial charge in [0.15, 0.2) is 0 Å². The molecule has 0 saturated heterocycles. The standard InChI is InChI=1S/C21H27N/c1-17(22-16-18-8-4-2-5-9-18)19-12-14-21(15-13-19)20-10-6-3-7-11-20/h2,4-5,8-9,12-15,17,20,22H,3,6-7,10-11,16H2,1H3/t17-/m0/s1. The van der Waals surface area contributed by atoms with Gasteiger partial charge in [0, 0.05) is 12.6 Å². The van der Waals surface area contributed by atoms with Crippen molar-refractivity contribution in [1.29, 1.82) is 0 Å². The van der Waals surface area contributed by atoms with Crippen LogP contribution in [0, 0.1) is 0 Å². The second-order valence-corrected chi connectivity index (χ2v) is 6.59. The van der Waals surface area contributed by atoms with Crippen molar-refractivity contribution in [3.63, 3.8) is 0 Å². The van der Waals surface area contributed by atoms with E-state index in [1.165, 1.54) is 43.2 Å². The fourth-order valence-corrected chi connectivity index (χ4v) is 3.48. The maximum Gasteiger partial charge on any atom is 0.0294 e. The summed E-state index contributed by atoms with van der Waals surface area (Å²) >= 11 is 0. The Hall–Kier alpha value is -1.60. The van der Waals surface area contributed by atoms with E-state index >= 15 is 0 Å². The summed E-state index contributed by atoms with van der Waals surface area (Å²) in [7, 11) is 0. The highest BCUT2D eigenvalue weighted by Crippen LogP contribution is 2.32. The summed E-state index contributed by atoms with van der Waals surface area (Å²) in [5.41, 5.74) is 4.27. The van der Waals surface area contributed by atoms with Crippen LogP contribution in [0.3, 0.4) is 0 Å². The summed E-state index contributed by atoms with van der Waals surface area (Å²) in [6.07, 6.45) is 6.99. The molecule has 0 amide bonds. The molecule has 116 valence electrons. The van der Waals surface area contributed by atoms with Crippen LogP contribution in [0.1, 0.15) is 67.7 Å². The van der Waals surface area contributed by atoms with E-state index in [4.69, 9.17) is 0 Å². The van der Waals surface area contributed by atoms with Gasteiger partial charge < -0.3 is 5.32 Å². The van der Waals surface area contributed by atoms with Crippen molar-refractivity contribution >= 4 is 0 Å². The minimum atomic E-state index is 0.389. The van der Waals surface area contributed by atoms with Gasteiger partial charge in [-0.05, 0) is 42.4 Å². The van der Waals surface area contributed by atoms with Crippen molar-refractivity contribution < 1.29 is 0 Å². The summed E-state index contributed by atoms with van der Waals surface area (Å²) < 4.78 is 0. The van der Waals surface area contributed by atoms with Crippen molar-refractivity contribution in [3.05, 3.63) is 71.3 Å². The predicted molar refractivity (Wildman–Crippen MR) is 94.0 cm³/mol. The number of hydrogen-bond donors (Lipinski definition) is 1. The molecule has 22 heavy (non-hydrogen) atoms. The van der Waals surface area contributed by atoms with Crippen LogP contribution in [0.5, 0.6) is 0 Å². The van der Waals surface area contributed by atoms with Crippen LogP contribution >= 0.6 is 0 Å². The molecule has 3 rings (SSSR count). The van der Waals surface area contributed by atoms with Crippen LogP contribution < -0.4 is 5.32 Å². The topological polar surface area (TPSA) is 12.0 Å². The monoisotopic (exact) mass is 293 g/mol. The fraction of sp³-hybridized carbons (Fsp3) is 0.429. The normalized spacial score (nSPS) is 17.3. The molecule has 1 aliphatic carbocycles. The van der Waals surface area contributed by atoms with E-state index in [0.29, 0.717) is 6.04 Å². The van der Waals surface area contributed by atoms with Gasteiger partial charge in [-0.2, -0.15) is 0 Å². The van der Waals surface area contributed by atoms with Crippen molar-refractivity contribution in [3.8, 4) is 0 Å². The molecule has 1 heteroatoms. The largest absolute Gasteiger partial charge is 0.306 e. The zero-order valence-corrected chi connectivity index (χ0v) is 13.6. The van der Waals surface area contributed by atoms with Gasteiger partial charge in [0.05, 0.1) is 0 Å². The van der Waals surface area contributed by atoms with E-state index in [1.54, 1.807) is 5.56 Å². The van der Waals surface area contributed by atoms with Crippen molar-refractivity contribution in [2.75, 3.05) is 0 Å². The molecule has 0 spiro atoms. The van der Waals surface area contributed by atoms with E-state index in [9.17, 15) is 0 Å². The molecule has 1 fully saturated rings. The Morgan fingerprint density at radius 2 is 1.59 bits per heavy atom. The molecule has 1 saturated carbocycles. The third-order valence-corrected chi connectivity index (χ3v) is 4.97. The van der Waals surface area contributed by atoms with E-state index in [-0.39, 0.29) is 0 Å². The molecule has 1 aliphatic rings. The highest BCUT2D eigenvalue weighted by molar-refractivity contribution is 5.27. The summed E-state index contributed by atoms with van der Waals surface area (Å²) in [5, 5.41) is 3.61. The lowest BCUT2D eigenvalue weighted by atomic mass is 9.84. The molecular weight excluding hydrogens is 266 g/mol. The first kappa shape index (κ1) is 15.3. The minimum absolute atomic E-state index is 0.389. The lowest BCUT2D eigenvalue weighted by Gasteiger charge is -2.22. The summed E-state index contributed by atoms with van der Waals surface area (Å²) in [4.78, 5) is 0. The summed E-state index contributed by atoms with van der Waals surface area (Å²) in [6, 6.07) is 20.3. The first-order chi connectivity index (χ1) is 10.8. The molecule has 0 unspecified atom stereocenters. The molecule has 0 heterocycles. The number of rotatable bonds is 5. The van der Waals surface area contributed by atoms with Crippen LogP contribution in [0.2, 0.25) is 0 Å². The Balaban J connectivity index is 1.57. The molecule has 0 radical (unpaired) electrons. The molecule has 1 N–H and O–H groups in total. The van der Waals surface area contributed by atoms with Crippen LogP contribution in [-0.2, 0) is 6.54 Å². The van der Waals surface area contributed by atoms with Crippen molar-refractivity contribution in [1.82, 2.24) is 5.32 Å². The molecule has 1 atom stereocenters. The molecule has 0 bridgehead atoms. The predicted octanol–water partition coefficient (Wildman–Crippen LogP) is 5.59. The maximum atomic E-state index is 3.61. The lowest BCUT2D eigenvalue weighted by molar-refractivity contribution is 0.443. The van der Waals surface area contributed by atoms with E-state index in [2.05, 4.69) is 66.8 Å². The Kier molecular flexibility index (Phi) is 5.29. The van der Waals surface area contributed by atoms with Gasteiger partial charge in [-0.1, -0.05) is 73.9 Å². The molecule has 0 aliphatic heterocycles. The van der Waals surface area contributed by atoms with Crippen LogP contribution in [0.4, 0.5) is 0 Å². The van der Waals surface area contributed by atoms with Gasteiger partial charge >= 0.3 is 0 Å². The molecule has 1 nitrogen and oxygen atoms in total. The van der Waals surface area contributed by atoms with Gasteiger partial charge in [0.2, 0.25) is 0 Å². The van der Waals surface area contributed by atoms with Gasteiger partial charge in [-0.25, -0.2) is 0 Å². The van der Waals surface area contributed by atoms with Crippen LogP contribution in [0.15, 0.2) is 54.6 Å². The van der Waals surface area contributed by atoms with Gasteiger partial charge in [-0.15, -0.1) is 0 Å². The SMILES string of the molecule is C[C@H](NCc1ccccc1)c1ccc(C2CCCCC2)cc1. The summed E-state index contributed by atoms with van der Waals surface area (Å²) in [6.45, 7) is 3.17. The molecule has 2 aromatic carbocycles. The third kappa shape index (κ3) is 3.98. The Morgan fingerprint density at radius 1 is 0.909 bits per heavy atom. The Morgan fingerprint density at radius 3 is 2.27 bits per heavy atom. The molecule has 2 aromatic rings. The van der Waals surface area contributed by atoms with Crippen LogP contribution in [0.25, 0.3) is 0 Å². The number of hydrogen-bond acceptors (Lipinski definition) is 1. The van der Waals surface area contributed by atoms with Crippen LogP contribution in [-0.4, -0.2) is 0 Å². The van der Waals surface area contributed by atoms with E-state index in [0.717, 1.165) is 12.5 Å². The minimum Gasteiger partial charge on any atom is -0.306 e. The first-order valence-corrected chi connectivity index (χ1v) is 8.70. The highest BCUT2D eigenvalue weighted by Gasteiger charge is 2.15. The van der Waals surface area contributed by atoms with Gasteiger partial charge in [0.25, 0.3) is 0 Å². The Bertz CT molecular complexity index is 552. The fourth-order valence-electron chi connectivity index (χ4n) is 3.48. The second-order valence-electron chi connectivity index (χ2n) is 6.59. The average molecular weight is 293 g/mol. The first-order valence-electron chi connectivity index (χ1n) is 8.70. The van der Waals surface area contributed by atoms with E-state index in [1.807, 2.05) is 0 Å². The Labute approximate surface area is 134 Å². The average Bonchev–Trinajstić information content (AvgIpc) is 2.61. The maximum absolute atomic E-state index is 3.61. The molecule has 0 aromatic heterocycles. The quantitative estimate of drug-likeness (QED) is 0.758. The van der Waals surface area contributed by atoms with Gasteiger partial charge in [-0.3, -0.25) is 0 Å². The number of nitrogens with one attached hydrogen (secondary N) is 1. The zero-order valence-electron chi connectivity index (χ0n) is 13.6. The van der Waals surface area contributed by atoms with Gasteiger partial charge in [0.1, 0.15) is 0 Å². The highest BCUT2D eigenvalue weighted by atomic mass is 14.9. The second kappa shape index (κ2) is 7.60. The smallest absolute Gasteiger partial charge is 0.0294 e. The number of benzene rings is 2. The third-order valence-electron chi connectivity index (χ3n) is 4.97. The lowest BCUT2D eigenvalue weighted by Crippen LogP contribution is -2.18. The van der Waals surface area contributed by atoms with E-state index < -0.39 is 0 Å².